The Kier molecular flexibility index (Phi) is 5.46. The van der Waals surface area contributed by atoms with E-state index < -0.39 is 0 Å². The van der Waals surface area contributed by atoms with E-state index in [2.05, 4.69) is 36.1 Å². The van der Waals surface area contributed by atoms with Crippen LogP contribution in [0.1, 0.15) is 39.0 Å². The summed E-state index contributed by atoms with van der Waals surface area (Å²) in [5, 5.41) is 3.40. The second-order valence-electron chi connectivity index (χ2n) is 6.53. The van der Waals surface area contributed by atoms with E-state index in [0.29, 0.717) is 6.04 Å². The van der Waals surface area contributed by atoms with Crippen LogP contribution in [0.2, 0.25) is 0 Å². The molecule has 2 unspecified atom stereocenters. The van der Waals surface area contributed by atoms with Crippen LogP contribution in [0.4, 0.5) is 0 Å². The number of nitrogens with zero attached hydrogens (tertiary/aromatic N) is 2. The summed E-state index contributed by atoms with van der Waals surface area (Å²) >= 11 is 0. The summed E-state index contributed by atoms with van der Waals surface area (Å²) < 4.78 is 0. The Morgan fingerprint density at radius 3 is 2.44 bits per heavy atom. The van der Waals surface area contributed by atoms with Crippen molar-refractivity contribution in [3.8, 4) is 0 Å². The second kappa shape index (κ2) is 6.88. The van der Waals surface area contributed by atoms with Crippen LogP contribution in [-0.4, -0.2) is 62.2 Å². The van der Waals surface area contributed by atoms with E-state index in [1.54, 1.807) is 0 Å². The first-order valence-corrected chi connectivity index (χ1v) is 7.79. The molecule has 3 nitrogen and oxygen atoms in total. The van der Waals surface area contributed by atoms with Crippen molar-refractivity contribution >= 4 is 0 Å². The number of hydrogen-bond acceptors (Lipinski definition) is 3. The fourth-order valence-electron chi connectivity index (χ4n) is 3.92. The third-order valence-corrected chi connectivity index (χ3v) is 4.62. The zero-order valence-electron chi connectivity index (χ0n) is 12.5. The molecule has 2 fully saturated rings. The van der Waals surface area contributed by atoms with Gasteiger partial charge in [-0.05, 0) is 32.9 Å². The Hall–Kier alpha value is -0.120. The lowest BCUT2D eigenvalue weighted by atomic mass is 9.92. The molecule has 1 heterocycles. The van der Waals surface area contributed by atoms with Crippen LogP contribution >= 0.6 is 0 Å². The van der Waals surface area contributed by atoms with Gasteiger partial charge in [-0.2, -0.15) is 0 Å². The molecule has 2 aliphatic rings. The summed E-state index contributed by atoms with van der Waals surface area (Å²) in [6, 6.07) is 1.55. The normalized spacial score (nSPS) is 33.5. The first-order valence-electron chi connectivity index (χ1n) is 7.79. The number of nitrogens with one attached hydrogen (secondary N) is 1. The zero-order valence-corrected chi connectivity index (χ0v) is 12.5. The maximum Gasteiger partial charge on any atom is 0.0350 e. The van der Waals surface area contributed by atoms with Crippen molar-refractivity contribution < 1.29 is 0 Å². The van der Waals surface area contributed by atoms with E-state index >= 15 is 0 Å². The van der Waals surface area contributed by atoms with Gasteiger partial charge in [-0.3, -0.25) is 4.90 Å². The number of hydrogen-bond donors (Lipinski definition) is 1. The molecule has 1 aliphatic carbocycles. The van der Waals surface area contributed by atoms with E-state index in [9.17, 15) is 0 Å². The lowest BCUT2D eigenvalue weighted by Crippen LogP contribution is -2.51. The standard InChI is InChI=1S/C15H31N3/c1-13-10-17(3)12-15(9-16-2)18(11-13)14-7-5-4-6-8-14/h13-16H,4-12H2,1-3H3. The average Bonchev–Trinajstić information content (AvgIpc) is 2.49. The fourth-order valence-corrected chi connectivity index (χ4v) is 3.92. The van der Waals surface area contributed by atoms with Crippen LogP contribution in [0, 0.1) is 5.92 Å². The van der Waals surface area contributed by atoms with Crippen molar-refractivity contribution in [2.45, 2.75) is 51.1 Å². The molecule has 0 radical (unpaired) electrons. The minimum atomic E-state index is 0.702. The summed E-state index contributed by atoms with van der Waals surface area (Å²) in [6.45, 7) is 7.31. The molecule has 106 valence electrons. The number of likely N-dealkylation sites (N-methyl/N-ethyl adjacent to an activating group) is 2. The SMILES string of the molecule is CNCC1CN(C)CC(C)CN1C1CCCCC1. The Morgan fingerprint density at radius 2 is 1.78 bits per heavy atom. The Morgan fingerprint density at radius 1 is 1.06 bits per heavy atom. The molecule has 1 saturated carbocycles. The minimum Gasteiger partial charge on any atom is -0.318 e. The van der Waals surface area contributed by atoms with Crippen molar-refractivity contribution in [1.29, 1.82) is 0 Å². The van der Waals surface area contributed by atoms with Crippen molar-refractivity contribution in [2.24, 2.45) is 5.92 Å². The van der Waals surface area contributed by atoms with E-state index in [4.69, 9.17) is 0 Å². The molecular formula is C15H31N3. The van der Waals surface area contributed by atoms with Gasteiger partial charge < -0.3 is 10.2 Å². The van der Waals surface area contributed by atoms with Gasteiger partial charge in [0.25, 0.3) is 0 Å². The van der Waals surface area contributed by atoms with Gasteiger partial charge in [0.2, 0.25) is 0 Å². The van der Waals surface area contributed by atoms with Crippen molar-refractivity contribution in [1.82, 2.24) is 15.1 Å². The fraction of sp³-hybridized carbons (Fsp3) is 1.00. The summed E-state index contributed by atoms with van der Waals surface area (Å²) in [7, 11) is 4.37. The Bertz CT molecular complexity index is 238. The molecule has 0 aromatic carbocycles. The zero-order chi connectivity index (χ0) is 13.0. The highest BCUT2D eigenvalue weighted by Crippen LogP contribution is 2.26. The topological polar surface area (TPSA) is 18.5 Å². The quantitative estimate of drug-likeness (QED) is 0.827. The van der Waals surface area contributed by atoms with Crippen molar-refractivity contribution in [2.75, 3.05) is 40.3 Å². The minimum absolute atomic E-state index is 0.702. The van der Waals surface area contributed by atoms with E-state index in [-0.39, 0.29) is 0 Å². The highest BCUT2D eigenvalue weighted by molar-refractivity contribution is 4.88. The van der Waals surface area contributed by atoms with Crippen LogP contribution < -0.4 is 5.32 Å². The van der Waals surface area contributed by atoms with Gasteiger partial charge >= 0.3 is 0 Å². The Labute approximate surface area is 113 Å². The molecule has 0 aromatic heterocycles. The third-order valence-electron chi connectivity index (χ3n) is 4.62. The molecule has 0 spiro atoms. The summed E-state index contributed by atoms with van der Waals surface area (Å²) in [5.74, 6) is 0.804. The van der Waals surface area contributed by atoms with Crippen LogP contribution in [0.3, 0.4) is 0 Å². The summed E-state index contributed by atoms with van der Waals surface area (Å²) in [4.78, 5) is 5.36. The van der Waals surface area contributed by atoms with Crippen molar-refractivity contribution in [3.63, 3.8) is 0 Å². The molecule has 0 bridgehead atoms. The summed E-state index contributed by atoms with van der Waals surface area (Å²) in [5.41, 5.74) is 0. The molecule has 0 aromatic rings. The van der Waals surface area contributed by atoms with Crippen molar-refractivity contribution in [3.05, 3.63) is 0 Å². The average molecular weight is 253 g/mol. The molecule has 2 rings (SSSR count). The maximum absolute atomic E-state index is 3.40. The lowest BCUT2D eigenvalue weighted by Gasteiger charge is -2.40. The van der Waals surface area contributed by atoms with Gasteiger partial charge in [-0.25, -0.2) is 0 Å². The van der Waals surface area contributed by atoms with Gasteiger partial charge in [0.1, 0.15) is 0 Å². The smallest absolute Gasteiger partial charge is 0.0350 e. The largest absolute Gasteiger partial charge is 0.318 e. The highest BCUT2D eigenvalue weighted by Gasteiger charge is 2.31. The van der Waals surface area contributed by atoms with Gasteiger partial charge in [-0.15, -0.1) is 0 Å². The van der Waals surface area contributed by atoms with E-state index in [0.717, 1.165) is 18.5 Å². The third kappa shape index (κ3) is 3.69. The highest BCUT2D eigenvalue weighted by atomic mass is 15.3. The molecule has 1 saturated heterocycles. The molecule has 3 heteroatoms. The lowest BCUT2D eigenvalue weighted by molar-refractivity contribution is 0.0967. The predicted molar refractivity (Wildman–Crippen MR) is 78.0 cm³/mol. The molecule has 1 N–H and O–H groups in total. The number of rotatable bonds is 3. The first-order chi connectivity index (χ1) is 8.70. The van der Waals surface area contributed by atoms with E-state index in [1.165, 1.54) is 51.7 Å². The van der Waals surface area contributed by atoms with E-state index in [1.807, 2.05) is 0 Å². The molecule has 0 amide bonds. The van der Waals surface area contributed by atoms with Crippen LogP contribution in [0.15, 0.2) is 0 Å². The Balaban J connectivity index is 2.05. The predicted octanol–water partition coefficient (Wildman–Crippen LogP) is 1.79. The van der Waals surface area contributed by atoms with Crippen LogP contribution in [0.25, 0.3) is 0 Å². The van der Waals surface area contributed by atoms with Crippen LogP contribution in [0.5, 0.6) is 0 Å². The van der Waals surface area contributed by atoms with Gasteiger partial charge in [0.05, 0.1) is 0 Å². The molecule has 2 atom stereocenters. The maximum atomic E-state index is 3.40. The molecule has 1 aliphatic heterocycles. The van der Waals surface area contributed by atoms with Crippen LogP contribution in [-0.2, 0) is 0 Å². The molecule has 18 heavy (non-hydrogen) atoms. The van der Waals surface area contributed by atoms with Gasteiger partial charge in [-0.1, -0.05) is 26.2 Å². The van der Waals surface area contributed by atoms with Gasteiger partial charge in [0.15, 0.2) is 0 Å². The second-order valence-corrected chi connectivity index (χ2v) is 6.53. The first kappa shape index (κ1) is 14.3. The monoisotopic (exact) mass is 253 g/mol. The van der Waals surface area contributed by atoms with Gasteiger partial charge in [0, 0.05) is 38.3 Å². The molecular weight excluding hydrogens is 222 g/mol. The summed E-state index contributed by atoms with van der Waals surface area (Å²) in [6.07, 6.45) is 7.19.